The Labute approximate surface area is 203 Å². The molecule has 0 bridgehead atoms. The van der Waals surface area contributed by atoms with Crippen LogP contribution in [-0.2, 0) is 23.7 Å². The number of alkyl halides is 15. The van der Waals surface area contributed by atoms with Crippen LogP contribution in [0.5, 0.6) is 0 Å². The van der Waals surface area contributed by atoms with Crippen LogP contribution >= 0.6 is 0 Å². The highest BCUT2D eigenvalue weighted by Crippen LogP contribution is 2.65. The zero-order valence-corrected chi connectivity index (χ0v) is 18.8. The minimum Gasteiger partial charge on any atom is -0.377 e. The number of rotatable bonds is 10. The Kier molecular flexibility index (Phi) is 9.21. The molecule has 3 unspecified atom stereocenters. The molecule has 0 N–H and O–H groups in total. The van der Waals surface area contributed by atoms with Crippen molar-refractivity contribution in [3.05, 3.63) is 0 Å². The van der Waals surface area contributed by atoms with Crippen molar-refractivity contribution in [2.24, 2.45) is 10.8 Å². The monoisotopic (exact) mass is 600 g/mol. The van der Waals surface area contributed by atoms with E-state index in [1.165, 1.54) is 0 Å². The zero-order chi connectivity index (χ0) is 29.6. The van der Waals surface area contributed by atoms with E-state index in [4.69, 9.17) is 4.74 Å². The van der Waals surface area contributed by atoms with E-state index < -0.39 is 106 Å². The first kappa shape index (κ1) is 33.0. The number of halogens is 15. The zero-order valence-electron chi connectivity index (χ0n) is 18.8. The molecule has 2 aliphatic heterocycles. The second-order valence-electron chi connectivity index (χ2n) is 8.30. The molecule has 0 aromatic rings. The maximum Gasteiger partial charge on any atom is 0.416 e. The number of hydrogen-bond donors (Lipinski definition) is 0. The first-order valence-corrected chi connectivity index (χ1v) is 10.3. The minimum absolute atomic E-state index is 0.512. The fourth-order valence-corrected chi connectivity index (χ4v) is 4.33. The van der Waals surface area contributed by atoms with Gasteiger partial charge in [-0.05, 0) is 6.92 Å². The molecule has 2 heterocycles. The standard InChI is InChI=1S/C18H19F15O5/c1-8-12(15(22,23)24,16(25,26)27)9(37-8)6-35-4-2-34-3-5-36-7-10-13(17(28,29)30,18(31,32)33)11(38-10)14(19,20)21/h8-11H,2-7H2,1H3/t8?,9-,10?,11?/m1/s1. The average Bonchev–Trinajstić information content (AvgIpc) is 2.61. The van der Waals surface area contributed by atoms with Crippen LogP contribution in [0, 0.1) is 10.8 Å². The maximum absolute atomic E-state index is 13.2. The molecule has 0 aliphatic carbocycles. The fraction of sp³-hybridized carbons (Fsp3) is 1.00. The second-order valence-corrected chi connectivity index (χ2v) is 8.30. The van der Waals surface area contributed by atoms with Crippen molar-refractivity contribution in [2.75, 3.05) is 39.6 Å². The molecule has 0 aromatic carbocycles. The van der Waals surface area contributed by atoms with Crippen LogP contribution in [-0.4, -0.2) is 94.9 Å². The van der Waals surface area contributed by atoms with E-state index in [1.54, 1.807) is 0 Å². The summed E-state index contributed by atoms with van der Waals surface area (Å²) in [6.07, 6.45) is -42.1. The van der Waals surface area contributed by atoms with Crippen molar-refractivity contribution in [3.63, 3.8) is 0 Å². The lowest BCUT2D eigenvalue weighted by molar-refractivity contribution is -0.494. The van der Waals surface area contributed by atoms with Crippen LogP contribution in [0.2, 0.25) is 0 Å². The Morgan fingerprint density at radius 2 is 0.868 bits per heavy atom. The van der Waals surface area contributed by atoms with E-state index in [9.17, 15) is 65.9 Å². The molecule has 5 nitrogen and oxygen atoms in total. The summed E-state index contributed by atoms with van der Waals surface area (Å²) < 4.78 is 219. The van der Waals surface area contributed by atoms with Gasteiger partial charge in [0.05, 0.1) is 45.7 Å². The molecular weight excluding hydrogens is 581 g/mol. The molecule has 2 saturated heterocycles. The Bertz CT molecular complexity index is 758. The SMILES string of the molecule is CC1O[C@H](COCCOCCOCC2OC(C(F)(F)F)C2(C(F)(F)F)C(F)(F)F)C1(C(F)(F)F)C(F)(F)F. The van der Waals surface area contributed by atoms with E-state index in [0.717, 1.165) is 0 Å². The van der Waals surface area contributed by atoms with Crippen LogP contribution in [0.15, 0.2) is 0 Å². The normalized spacial score (nSPS) is 28.1. The van der Waals surface area contributed by atoms with Gasteiger partial charge >= 0.3 is 30.9 Å². The molecule has 226 valence electrons. The van der Waals surface area contributed by atoms with Crippen LogP contribution in [0.3, 0.4) is 0 Å². The highest BCUT2D eigenvalue weighted by molar-refractivity contribution is 5.14. The predicted octanol–water partition coefficient (Wildman–Crippen LogP) is 5.38. The summed E-state index contributed by atoms with van der Waals surface area (Å²) in [5.74, 6) is 0. The first-order chi connectivity index (χ1) is 17.0. The molecule has 4 atom stereocenters. The summed E-state index contributed by atoms with van der Waals surface area (Å²) in [5, 5.41) is 0. The van der Waals surface area contributed by atoms with E-state index in [2.05, 4.69) is 18.9 Å². The molecule has 2 aliphatic rings. The third-order valence-electron chi connectivity index (χ3n) is 6.20. The summed E-state index contributed by atoms with van der Waals surface area (Å²) in [5.41, 5.74) is -9.43. The van der Waals surface area contributed by atoms with Gasteiger partial charge in [-0.3, -0.25) is 0 Å². The van der Waals surface area contributed by atoms with Crippen molar-refractivity contribution in [1.29, 1.82) is 0 Å². The number of hydrogen-bond acceptors (Lipinski definition) is 5. The van der Waals surface area contributed by atoms with Gasteiger partial charge in [0.25, 0.3) is 0 Å². The predicted molar refractivity (Wildman–Crippen MR) is 90.6 cm³/mol. The van der Waals surface area contributed by atoms with Gasteiger partial charge in [-0.1, -0.05) is 0 Å². The largest absolute Gasteiger partial charge is 0.416 e. The molecule has 2 fully saturated rings. The highest BCUT2D eigenvalue weighted by atomic mass is 19.4. The molecule has 0 spiro atoms. The molecule has 0 amide bonds. The van der Waals surface area contributed by atoms with Crippen molar-refractivity contribution < 1.29 is 89.5 Å². The molecule has 0 aromatic heterocycles. The van der Waals surface area contributed by atoms with Crippen LogP contribution in [0.25, 0.3) is 0 Å². The van der Waals surface area contributed by atoms with Crippen LogP contribution < -0.4 is 0 Å². The molecule has 38 heavy (non-hydrogen) atoms. The Morgan fingerprint density at radius 1 is 0.526 bits per heavy atom. The van der Waals surface area contributed by atoms with Gasteiger partial charge in [-0.25, -0.2) is 0 Å². The van der Waals surface area contributed by atoms with Crippen molar-refractivity contribution >= 4 is 0 Å². The van der Waals surface area contributed by atoms with Crippen LogP contribution in [0.4, 0.5) is 65.9 Å². The smallest absolute Gasteiger partial charge is 0.377 e. The topological polar surface area (TPSA) is 46.2 Å². The molecule has 0 saturated carbocycles. The van der Waals surface area contributed by atoms with Gasteiger partial charge in [-0.2, -0.15) is 65.9 Å². The Balaban J connectivity index is 1.78. The summed E-state index contributed by atoms with van der Waals surface area (Å²) >= 11 is 0. The maximum atomic E-state index is 13.2. The lowest BCUT2D eigenvalue weighted by atomic mass is 9.69. The van der Waals surface area contributed by atoms with E-state index in [1.807, 2.05) is 0 Å². The van der Waals surface area contributed by atoms with Gasteiger partial charge in [0.2, 0.25) is 10.8 Å². The molecule has 2 rings (SSSR count). The van der Waals surface area contributed by atoms with E-state index in [-0.39, 0.29) is 0 Å². The third-order valence-corrected chi connectivity index (χ3v) is 6.20. The first-order valence-electron chi connectivity index (χ1n) is 10.3. The number of ether oxygens (including phenoxy) is 5. The average molecular weight is 600 g/mol. The lowest BCUT2D eigenvalue weighted by Crippen LogP contribution is -2.77. The van der Waals surface area contributed by atoms with E-state index in [0.29, 0.717) is 6.92 Å². The Hall–Kier alpha value is -1.25. The van der Waals surface area contributed by atoms with E-state index >= 15 is 0 Å². The molecule has 20 heteroatoms. The highest BCUT2D eigenvalue weighted by Gasteiger charge is 2.88. The summed E-state index contributed by atoms with van der Waals surface area (Å²) in [6.45, 7) is -4.55. The van der Waals surface area contributed by atoms with Crippen molar-refractivity contribution in [2.45, 2.75) is 62.2 Å². The molecule has 0 radical (unpaired) electrons. The van der Waals surface area contributed by atoms with Crippen LogP contribution in [0.1, 0.15) is 6.92 Å². The van der Waals surface area contributed by atoms with Gasteiger partial charge in [-0.15, -0.1) is 0 Å². The third kappa shape index (κ3) is 5.51. The van der Waals surface area contributed by atoms with Gasteiger partial charge in [0, 0.05) is 0 Å². The Morgan fingerprint density at radius 3 is 1.18 bits per heavy atom. The molecular formula is C18H19F15O5. The quantitative estimate of drug-likeness (QED) is 0.249. The lowest BCUT2D eigenvalue weighted by Gasteiger charge is -2.55. The second kappa shape index (κ2) is 10.6. The summed E-state index contributed by atoms with van der Waals surface area (Å²) in [7, 11) is 0. The summed E-state index contributed by atoms with van der Waals surface area (Å²) in [6, 6.07) is 0. The van der Waals surface area contributed by atoms with Gasteiger partial charge in [0.1, 0.15) is 12.2 Å². The van der Waals surface area contributed by atoms with Crippen molar-refractivity contribution in [1.82, 2.24) is 0 Å². The van der Waals surface area contributed by atoms with Gasteiger partial charge < -0.3 is 23.7 Å². The summed E-state index contributed by atoms with van der Waals surface area (Å²) in [4.78, 5) is 0. The van der Waals surface area contributed by atoms with Gasteiger partial charge in [0.15, 0.2) is 6.10 Å². The minimum atomic E-state index is -6.40. The van der Waals surface area contributed by atoms with Crippen molar-refractivity contribution in [3.8, 4) is 0 Å². The fourth-order valence-electron chi connectivity index (χ4n) is 4.33.